The Morgan fingerprint density at radius 3 is 2.05 bits per heavy atom. The molecule has 0 atom stereocenters. The monoisotopic (exact) mass is 263 g/mol. The van der Waals surface area contributed by atoms with E-state index >= 15 is 0 Å². The summed E-state index contributed by atoms with van der Waals surface area (Å²) in [6, 6.07) is 0.455. The topological polar surface area (TPSA) is 40.5 Å². The van der Waals surface area contributed by atoms with Gasteiger partial charge >= 0.3 is 0 Å². The minimum absolute atomic E-state index is 0.121. The molecule has 5 rings (SSSR count). The van der Waals surface area contributed by atoms with Gasteiger partial charge in [-0.1, -0.05) is 0 Å². The van der Waals surface area contributed by atoms with Crippen LogP contribution in [-0.2, 0) is 4.79 Å². The van der Waals surface area contributed by atoms with Crippen LogP contribution < -0.4 is 0 Å². The SMILES string of the molecule is O=C(C1C2CC3CC(C2)CC1C3)N(CCO)C1CC1. The van der Waals surface area contributed by atoms with Crippen molar-refractivity contribution in [2.24, 2.45) is 29.6 Å². The highest BCUT2D eigenvalue weighted by atomic mass is 16.3. The van der Waals surface area contributed by atoms with E-state index < -0.39 is 0 Å². The van der Waals surface area contributed by atoms with E-state index in [-0.39, 0.29) is 6.61 Å². The molecule has 0 aromatic rings. The van der Waals surface area contributed by atoms with Gasteiger partial charge in [0, 0.05) is 18.5 Å². The van der Waals surface area contributed by atoms with Crippen LogP contribution in [-0.4, -0.2) is 35.1 Å². The quantitative estimate of drug-likeness (QED) is 0.843. The number of carbonyl (C=O) groups is 1. The van der Waals surface area contributed by atoms with Gasteiger partial charge in [-0.2, -0.15) is 0 Å². The van der Waals surface area contributed by atoms with Crippen molar-refractivity contribution >= 4 is 5.91 Å². The Bertz CT molecular complexity index is 349. The van der Waals surface area contributed by atoms with E-state index in [1.807, 2.05) is 4.90 Å². The summed E-state index contributed by atoms with van der Waals surface area (Å²) in [7, 11) is 0. The first-order valence-corrected chi connectivity index (χ1v) is 8.17. The molecular weight excluding hydrogens is 238 g/mol. The van der Waals surface area contributed by atoms with Crippen molar-refractivity contribution in [3.63, 3.8) is 0 Å². The van der Waals surface area contributed by atoms with E-state index in [0.29, 0.717) is 36.2 Å². The molecular formula is C16H25NO2. The van der Waals surface area contributed by atoms with E-state index in [4.69, 9.17) is 0 Å². The highest BCUT2D eigenvalue weighted by Crippen LogP contribution is 2.57. The number of hydrogen-bond acceptors (Lipinski definition) is 2. The lowest BCUT2D eigenvalue weighted by atomic mass is 9.51. The molecule has 4 bridgehead atoms. The van der Waals surface area contributed by atoms with Gasteiger partial charge in [0.05, 0.1) is 6.61 Å². The molecule has 19 heavy (non-hydrogen) atoms. The summed E-state index contributed by atoms with van der Waals surface area (Å²) in [5.74, 6) is 3.90. The maximum atomic E-state index is 12.9. The normalized spacial score (nSPS) is 43.5. The lowest BCUT2D eigenvalue weighted by molar-refractivity contribution is -0.150. The van der Waals surface area contributed by atoms with E-state index in [0.717, 1.165) is 24.7 Å². The molecule has 5 fully saturated rings. The van der Waals surface area contributed by atoms with Crippen LogP contribution in [0, 0.1) is 29.6 Å². The number of rotatable bonds is 4. The van der Waals surface area contributed by atoms with Gasteiger partial charge in [0.1, 0.15) is 0 Å². The Hall–Kier alpha value is -0.570. The predicted octanol–water partition coefficient (Wildman–Crippen LogP) is 2.04. The van der Waals surface area contributed by atoms with Gasteiger partial charge in [-0.05, 0) is 68.6 Å². The van der Waals surface area contributed by atoms with Gasteiger partial charge in [-0.3, -0.25) is 4.79 Å². The van der Waals surface area contributed by atoms with E-state index in [1.54, 1.807) is 0 Å². The van der Waals surface area contributed by atoms with Gasteiger partial charge in [-0.25, -0.2) is 0 Å². The minimum Gasteiger partial charge on any atom is -0.395 e. The standard InChI is InChI=1S/C16H25NO2/c18-4-3-17(14-1-2-14)16(19)15-12-6-10-5-11(8-12)9-13(15)7-10/h10-15,18H,1-9H2. The molecule has 1 N–H and O–H groups in total. The smallest absolute Gasteiger partial charge is 0.226 e. The second-order valence-electron chi connectivity index (χ2n) is 7.44. The molecule has 0 aromatic heterocycles. The number of amides is 1. The Balaban J connectivity index is 1.53. The maximum Gasteiger partial charge on any atom is 0.226 e. The molecule has 1 amide bonds. The van der Waals surface area contributed by atoms with Crippen LogP contribution in [0.15, 0.2) is 0 Å². The predicted molar refractivity (Wildman–Crippen MR) is 72.4 cm³/mol. The zero-order valence-corrected chi connectivity index (χ0v) is 11.6. The van der Waals surface area contributed by atoms with Gasteiger partial charge in [0.15, 0.2) is 0 Å². The average molecular weight is 263 g/mol. The molecule has 5 saturated carbocycles. The molecule has 5 aliphatic carbocycles. The fraction of sp³-hybridized carbons (Fsp3) is 0.938. The van der Waals surface area contributed by atoms with Crippen molar-refractivity contribution in [1.82, 2.24) is 4.90 Å². The van der Waals surface area contributed by atoms with Crippen molar-refractivity contribution in [3.05, 3.63) is 0 Å². The number of nitrogens with zero attached hydrogens (tertiary/aromatic N) is 1. The number of aliphatic hydroxyl groups is 1. The molecule has 0 unspecified atom stereocenters. The summed E-state index contributed by atoms with van der Waals surface area (Å²) >= 11 is 0. The first kappa shape index (κ1) is 12.2. The highest BCUT2D eigenvalue weighted by Gasteiger charge is 2.52. The van der Waals surface area contributed by atoms with Crippen LogP contribution >= 0.6 is 0 Å². The average Bonchev–Trinajstić information content (AvgIpc) is 3.18. The molecule has 0 radical (unpaired) electrons. The summed E-state index contributed by atoms with van der Waals surface area (Å²) < 4.78 is 0. The molecule has 106 valence electrons. The van der Waals surface area contributed by atoms with Crippen LogP contribution in [0.4, 0.5) is 0 Å². The third-order valence-electron chi connectivity index (χ3n) is 6.12. The first-order valence-electron chi connectivity index (χ1n) is 8.17. The van der Waals surface area contributed by atoms with Crippen molar-refractivity contribution in [2.45, 2.75) is 51.0 Å². The van der Waals surface area contributed by atoms with Gasteiger partial charge in [-0.15, -0.1) is 0 Å². The zero-order chi connectivity index (χ0) is 13.0. The van der Waals surface area contributed by atoms with Gasteiger partial charge < -0.3 is 10.0 Å². The van der Waals surface area contributed by atoms with E-state index in [9.17, 15) is 9.90 Å². The molecule has 0 heterocycles. The summed E-state index contributed by atoms with van der Waals surface area (Å²) in [6.07, 6.45) is 8.97. The van der Waals surface area contributed by atoms with Crippen LogP contribution in [0.2, 0.25) is 0 Å². The molecule has 3 nitrogen and oxygen atoms in total. The van der Waals surface area contributed by atoms with Gasteiger partial charge in [0.25, 0.3) is 0 Å². The van der Waals surface area contributed by atoms with Gasteiger partial charge in [0.2, 0.25) is 5.91 Å². The van der Waals surface area contributed by atoms with Crippen molar-refractivity contribution in [3.8, 4) is 0 Å². The molecule has 0 spiro atoms. The minimum atomic E-state index is 0.121. The summed E-state index contributed by atoms with van der Waals surface area (Å²) in [4.78, 5) is 14.9. The second-order valence-corrected chi connectivity index (χ2v) is 7.44. The third-order valence-corrected chi connectivity index (χ3v) is 6.12. The Morgan fingerprint density at radius 1 is 1.00 bits per heavy atom. The molecule has 3 heteroatoms. The van der Waals surface area contributed by atoms with E-state index in [1.165, 1.54) is 32.1 Å². The lowest BCUT2D eigenvalue weighted by Crippen LogP contribution is -2.52. The lowest BCUT2D eigenvalue weighted by Gasteiger charge is -2.54. The molecule has 0 aromatic carbocycles. The summed E-state index contributed by atoms with van der Waals surface area (Å²) in [5, 5.41) is 9.22. The van der Waals surface area contributed by atoms with E-state index in [2.05, 4.69) is 0 Å². The summed E-state index contributed by atoms with van der Waals surface area (Å²) in [5.41, 5.74) is 0. The van der Waals surface area contributed by atoms with Crippen LogP contribution in [0.3, 0.4) is 0 Å². The fourth-order valence-corrected chi connectivity index (χ4v) is 5.49. The molecule has 5 aliphatic rings. The Morgan fingerprint density at radius 2 is 1.58 bits per heavy atom. The zero-order valence-electron chi connectivity index (χ0n) is 11.6. The number of carbonyl (C=O) groups excluding carboxylic acids is 1. The Kier molecular flexibility index (Phi) is 2.87. The summed E-state index contributed by atoms with van der Waals surface area (Å²) in [6.45, 7) is 0.682. The number of hydrogen-bond donors (Lipinski definition) is 1. The first-order chi connectivity index (χ1) is 9.26. The van der Waals surface area contributed by atoms with Crippen molar-refractivity contribution in [2.75, 3.05) is 13.2 Å². The highest BCUT2D eigenvalue weighted by molar-refractivity contribution is 5.80. The van der Waals surface area contributed by atoms with Crippen LogP contribution in [0.1, 0.15) is 44.9 Å². The van der Waals surface area contributed by atoms with Crippen molar-refractivity contribution in [1.29, 1.82) is 0 Å². The Labute approximate surface area is 115 Å². The number of aliphatic hydroxyl groups excluding tert-OH is 1. The fourth-order valence-electron chi connectivity index (χ4n) is 5.49. The largest absolute Gasteiger partial charge is 0.395 e. The van der Waals surface area contributed by atoms with Crippen molar-refractivity contribution < 1.29 is 9.90 Å². The molecule has 0 aliphatic heterocycles. The van der Waals surface area contributed by atoms with Crippen LogP contribution in [0.5, 0.6) is 0 Å². The van der Waals surface area contributed by atoms with Crippen LogP contribution in [0.25, 0.3) is 0 Å². The maximum absolute atomic E-state index is 12.9. The second kappa shape index (κ2) is 4.47. The third kappa shape index (κ3) is 2.01. The molecule has 0 saturated heterocycles.